The van der Waals surface area contributed by atoms with E-state index in [2.05, 4.69) is 27.2 Å². The van der Waals surface area contributed by atoms with Crippen molar-refractivity contribution in [1.29, 1.82) is 0 Å². The van der Waals surface area contributed by atoms with Crippen LogP contribution >= 0.6 is 0 Å². The number of nitrogens with one attached hydrogen (secondary N) is 1. The SMILES string of the molecule is CCCCN(CCO)c1nc(NC)nc(N(C)C)n1. The maximum absolute atomic E-state index is 9.16. The van der Waals surface area contributed by atoms with E-state index in [1.54, 1.807) is 7.05 Å². The summed E-state index contributed by atoms with van der Waals surface area (Å²) in [5.74, 6) is 1.74. The molecule has 0 bridgehead atoms. The van der Waals surface area contributed by atoms with Gasteiger partial charge in [-0.2, -0.15) is 15.0 Å². The van der Waals surface area contributed by atoms with Gasteiger partial charge in [0, 0.05) is 34.2 Å². The molecular formula is C12H24N6O. The molecule has 0 aliphatic rings. The lowest BCUT2D eigenvalue weighted by molar-refractivity contribution is 0.301. The first-order valence-corrected chi connectivity index (χ1v) is 6.59. The largest absolute Gasteiger partial charge is 0.395 e. The number of aliphatic hydroxyl groups excluding tert-OH is 1. The second kappa shape index (κ2) is 7.73. The number of hydrogen-bond acceptors (Lipinski definition) is 7. The van der Waals surface area contributed by atoms with E-state index in [4.69, 9.17) is 5.11 Å². The topological polar surface area (TPSA) is 77.4 Å². The van der Waals surface area contributed by atoms with Crippen LogP contribution in [0.25, 0.3) is 0 Å². The lowest BCUT2D eigenvalue weighted by Gasteiger charge is -2.23. The molecule has 0 fully saturated rings. The predicted molar refractivity (Wildman–Crippen MR) is 77.9 cm³/mol. The molecule has 0 radical (unpaired) electrons. The van der Waals surface area contributed by atoms with Gasteiger partial charge in [0.1, 0.15) is 0 Å². The fourth-order valence-electron chi connectivity index (χ4n) is 1.59. The summed E-state index contributed by atoms with van der Waals surface area (Å²) >= 11 is 0. The highest BCUT2D eigenvalue weighted by Crippen LogP contribution is 2.15. The van der Waals surface area contributed by atoms with Crippen molar-refractivity contribution in [2.75, 3.05) is 56.0 Å². The van der Waals surface area contributed by atoms with Crippen LogP contribution < -0.4 is 15.1 Å². The lowest BCUT2D eigenvalue weighted by Crippen LogP contribution is -2.30. The summed E-state index contributed by atoms with van der Waals surface area (Å²) in [6.45, 7) is 3.58. The number of anilines is 3. The quantitative estimate of drug-likeness (QED) is 0.714. The zero-order chi connectivity index (χ0) is 14.3. The molecule has 108 valence electrons. The molecule has 1 rings (SSSR count). The number of unbranched alkanes of at least 4 members (excludes halogenated alkanes) is 1. The number of aliphatic hydroxyl groups is 1. The van der Waals surface area contributed by atoms with Crippen LogP contribution in [0.1, 0.15) is 19.8 Å². The third-order valence-electron chi connectivity index (χ3n) is 2.67. The van der Waals surface area contributed by atoms with Crippen LogP contribution in [0.4, 0.5) is 17.8 Å². The molecule has 0 aliphatic carbocycles. The van der Waals surface area contributed by atoms with Crippen LogP contribution in [0, 0.1) is 0 Å². The van der Waals surface area contributed by atoms with Crippen molar-refractivity contribution >= 4 is 17.8 Å². The van der Waals surface area contributed by atoms with Gasteiger partial charge in [0.2, 0.25) is 17.8 Å². The molecule has 1 heterocycles. The van der Waals surface area contributed by atoms with Gasteiger partial charge in [0.15, 0.2) is 0 Å². The van der Waals surface area contributed by atoms with E-state index in [0.717, 1.165) is 19.4 Å². The number of nitrogens with zero attached hydrogens (tertiary/aromatic N) is 5. The minimum atomic E-state index is 0.0849. The number of hydrogen-bond donors (Lipinski definition) is 2. The van der Waals surface area contributed by atoms with Crippen molar-refractivity contribution in [3.63, 3.8) is 0 Å². The van der Waals surface area contributed by atoms with Crippen LogP contribution in [-0.4, -0.2) is 60.9 Å². The van der Waals surface area contributed by atoms with Gasteiger partial charge < -0.3 is 20.2 Å². The summed E-state index contributed by atoms with van der Waals surface area (Å²) in [5, 5.41) is 12.1. The first kappa shape index (κ1) is 15.4. The number of aromatic nitrogens is 3. The van der Waals surface area contributed by atoms with Crippen LogP contribution in [0.15, 0.2) is 0 Å². The summed E-state index contributed by atoms with van der Waals surface area (Å²) in [7, 11) is 5.56. The van der Waals surface area contributed by atoms with Gasteiger partial charge in [-0.15, -0.1) is 0 Å². The summed E-state index contributed by atoms with van der Waals surface area (Å²) in [6.07, 6.45) is 2.13. The van der Waals surface area contributed by atoms with Gasteiger partial charge in [0.25, 0.3) is 0 Å². The van der Waals surface area contributed by atoms with Crippen molar-refractivity contribution in [2.24, 2.45) is 0 Å². The van der Waals surface area contributed by atoms with Crippen molar-refractivity contribution in [2.45, 2.75) is 19.8 Å². The zero-order valence-corrected chi connectivity index (χ0v) is 12.2. The fraction of sp³-hybridized carbons (Fsp3) is 0.750. The van der Waals surface area contributed by atoms with Crippen molar-refractivity contribution in [1.82, 2.24) is 15.0 Å². The molecule has 2 N–H and O–H groups in total. The Hall–Kier alpha value is -1.63. The van der Waals surface area contributed by atoms with E-state index in [0.29, 0.717) is 24.4 Å². The highest BCUT2D eigenvalue weighted by Gasteiger charge is 2.13. The van der Waals surface area contributed by atoms with Gasteiger partial charge in [-0.3, -0.25) is 0 Å². The minimum absolute atomic E-state index is 0.0849. The molecule has 1 aromatic heterocycles. The normalized spacial score (nSPS) is 10.4. The predicted octanol–water partition coefficient (Wildman–Crippen LogP) is 0.578. The summed E-state index contributed by atoms with van der Waals surface area (Å²) < 4.78 is 0. The van der Waals surface area contributed by atoms with Gasteiger partial charge in [-0.1, -0.05) is 13.3 Å². The molecule has 0 amide bonds. The van der Waals surface area contributed by atoms with E-state index in [9.17, 15) is 0 Å². The van der Waals surface area contributed by atoms with Crippen LogP contribution in [0.2, 0.25) is 0 Å². The van der Waals surface area contributed by atoms with Gasteiger partial charge in [-0.05, 0) is 6.42 Å². The smallest absolute Gasteiger partial charge is 0.232 e. The Morgan fingerprint density at radius 2 is 1.79 bits per heavy atom. The third-order valence-corrected chi connectivity index (χ3v) is 2.67. The molecule has 0 aromatic carbocycles. The van der Waals surface area contributed by atoms with Crippen LogP contribution in [0.3, 0.4) is 0 Å². The summed E-state index contributed by atoms with van der Waals surface area (Å²) in [5.41, 5.74) is 0. The van der Waals surface area contributed by atoms with E-state index in [-0.39, 0.29) is 6.61 Å². The Labute approximate surface area is 114 Å². The standard InChI is InChI=1S/C12H24N6O/c1-5-6-7-18(8-9-19)12-15-10(13-2)14-11(16-12)17(3)4/h19H,5-9H2,1-4H3,(H,13,14,15,16). The maximum atomic E-state index is 9.16. The monoisotopic (exact) mass is 268 g/mol. The van der Waals surface area contributed by atoms with E-state index in [1.807, 2.05) is 23.9 Å². The molecule has 0 unspecified atom stereocenters. The molecular weight excluding hydrogens is 244 g/mol. The first-order valence-electron chi connectivity index (χ1n) is 6.59. The molecule has 1 aromatic rings. The molecule has 0 atom stereocenters. The van der Waals surface area contributed by atoms with Crippen molar-refractivity contribution in [3.8, 4) is 0 Å². The fourth-order valence-corrected chi connectivity index (χ4v) is 1.59. The number of rotatable bonds is 8. The Morgan fingerprint density at radius 1 is 1.11 bits per heavy atom. The summed E-state index contributed by atoms with van der Waals surface area (Å²) in [4.78, 5) is 16.9. The van der Waals surface area contributed by atoms with Gasteiger partial charge >= 0.3 is 0 Å². The molecule has 0 saturated heterocycles. The second-order valence-electron chi connectivity index (χ2n) is 4.47. The van der Waals surface area contributed by atoms with E-state index >= 15 is 0 Å². The van der Waals surface area contributed by atoms with Crippen molar-refractivity contribution < 1.29 is 5.11 Å². The Balaban J connectivity index is 3.02. The van der Waals surface area contributed by atoms with Gasteiger partial charge in [0.05, 0.1) is 6.61 Å². The first-order chi connectivity index (χ1) is 9.12. The third kappa shape index (κ3) is 4.51. The zero-order valence-electron chi connectivity index (χ0n) is 12.2. The Bertz CT molecular complexity index is 384. The average molecular weight is 268 g/mol. The average Bonchev–Trinajstić information content (AvgIpc) is 2.42. The van der Waals surface area contributed by atoms with Crippen molar-refractivity contribution in [3.05, 3.63) is 0 Å². The molecule has 19 heavy (non-hydrogen) atoms. The van der Waals surface area contributed by atoms with E-state index in [1.165, 1.54) is 0 Å². The van der Waals surface area contributed by atoms with Gasteiger partial charge in [-0.25, -0.2) is 0 Å². The van der Waals surface area contributed by atoms with E-state index < -0.39 is 0 Å². The highest BCUT2D eigenvalue weighted by atomic mass is 16.3. The lowest BCUT2D eigenvalue weighted by atomic mass is 10.3. The maximum Gasteiger partial charge on any atom is 0.232 e. The molecule has 0 aliphatic heterocycles. The molecule has 0 saturated carbocycles. The Kier molecular flexibility index (Phi) is 6.27. The molecule has 7 heteroatoms. The summed E-state index contributed by atoms with van der Waals surface area (Å²) in [6, 6.07) is 0. The van der Waals surface area contributed by atoms with Crippen LogP contribution in [0.5, 0.6) is 0 Å². The molecule has 0 spiro atoms. The Morgan fingerprint density at radius 3 is 2.32 bits per heavy atom. The van der Waals surface area contributed by atoms with Crippen LogP contribution in [-0.2, 0) is 0 Å². The second-order valence-corrected chi connectivity index (χ2v) is 4.47. The molecule has 7 nitrogen and oxygen atoms in total. The minimum Gasteiger partial charge on any atom is -0.395 e. The highest BCUT2D eigenvalue weighted by molar-refractivity contribution is 5.44.